The van der Waals surface area contributed by atoms with Gasteiger partial charge in [-0.25, -0.2) is 0 Å². The molecule has 2 unspecified atom stereocenters. The van der Waals surface area contributed by atoms with Crippen molar-refractivity contribution in [2.75, 3.05) is 32.9 Å². The molecule has 220 valence electrons. The number of esters is 1. The molecule has 2 aromatic carbocycles. The summed E-state index contributed by atoms with van der Waals surface area (Å²) in [5, 5.41) is 7.01. The van der Waals surface area contributed by atoms with Crippen LogP contribution in [0.2, 0.25) is 5.02 Å². The molecule has 0 radical (unpaired) electrons. The second-order valence-electron chi connectivity index (χ2n) is 11.4. The molecule has 2 saturated heterocycles. The smallest absolute Gasteiger partial charge is 0.312 e. The lowest BCUT2D eigenvalue weighted by molar-refractivity contribution is -0.168. The lowest BCUT2D eigenvalue weighted by atomic mass is 9.65. The van der Waals surface area contributed by atoms with Crippen LogP contribution in [0.5, 0.6) is 0 Å². The maximum Gasteiger partial charge on any atom is 0.312 e. The zero-order valence-corrected chi connectivity index (χ0v) is 24.5. The fraction of sp³-hybridized carbons (Fsp3) is 0.531. The second kappa shape index (κ2) is 13.4. The molecule has 0 saturated carbocycles. The van der Waals surface area contributed by atoms with E-state index in [-0.39, 0.29) is 23.7 Å². The number of likely N-dealkylation sites (tertiary alicyclic amines) is 1. The van der Waals surface area contributed by atoms with E-state index in [9.17, 15) is 14.4 Å². The number of carbonyl (C=O) groups excluding carboxylic acids is 3. The van der Waals surface area contributed by atoms with Crippen molar-refractivity contribution in [3.8, 4) is 0 Å². The Balaban J connectivity index is 1.30. The van der Waals surface area contributed by atoms with E-state index in [1.165, 1.54) is 5.56 Å². The number of halogens is 1. The molecule has 0 spiro atoms. The summed E-state index contributed by atoms with van der Waals surface area (Å²) in [4.78, 5) is 42.6. The highest BCUT2D eigenvalue weighted by Crippen LogP contribution is 2.45. The zero-order chi connectivity index (χ0) is 28.8. The quantitative estimate of drug-likeness (QED) is 0.462. The number of piperidine rings is 1. The number of nitrogens with one attached hydrogen (secondary N) is 2. The molecular weight excluding hydrogens is 542 g/mol. The molecule has 2 amide bonds. The van der Waals surface area contributed by atoms with Crippen molar-refractivity contribution in [3.05, 3.63) is 70.2 Å². The summed E-state index contributed by atoms with van der Waals surface area (Å²) in [6, 6.07) is 14.3. The predicted molar refractivity (Wildman–Crippen MR) is 156 cm³/mol. The maximum atomic E-state index is 14.0. The third-order valence-electron chi connectivity index (χ3n) is 9.02. The summed E-state index contributed by atoms with van der Waals surface area (Å²) >= 11 is 6.10. The van der Waals surface area contributed by atoms with Gasteiger partial charge in [-0.15, -0.1) is 0 Å². The number of amides is 2. The molecule has 2 atom stereocenters. The highest BCUT2D eigenvalue weighted by atomic mass is 35.5. The molecule has 2 aromatic rings. The van der Waals surface area contributed by atoms with Gasteiger partial charge < -0.3 is 25.0 Å². The van der Waals surface area contributed by atoms with Crippen molar-refractivity contribution >= 4 is 29.4 Å². The highest BCUT2D eigenvalue weighted by Gasteiger charge is 2.50. The Morgan fingerprint density at radius 3 is 2.44 bits per heavy atom. The molecule has 2 fully saturated rings. The van der Waals surface area contributed by atoms with Gasteiger partial charge in [-0.1, -0.05) is 48.0 Å². The van der Waals surface area contributed by atoms with Gasteiger partial charge in [0.15, 0.2) is 0 Å². The number of fused-ring (bicyclic) bond motifs is 1. The fourth-order valence-electron chi connectivity index (χ4n) is 6.62. The number of hydrogen-bond donors (Lipinski definition) is 2. The number of hydrogen-bond acceptors (Lipinski definition) is 6. The molecule has 0 aromatic heterocycles. The van der Waals surface area contributed by atoms with Gasteiger partial charge >= 0.3 is 5.97 Å². The van der Waals surface area contributed by atoms with Crippen LogP contribution in [0.15, 0.2) is 48.5 Å². The van der Waals surface area contributed by atoms with Gasteiger partial charge in [-0.2, -0.15) is 0 Å². The third kappa shape index (κ3) is 6.76. The van der Waals surface area contributed by atoms with Crippen LogP contribution in [-0.4, -0.2) is 67.7 Å². The van der Waals surface area contributed by atoms with Gasteiger partial charge in [-0.3, -0.25) is 14.4 Å². The van der Waals surface area contributed by atoms with Gasteiger partial charge in [-0.05, 0) is 73.8 Å². The monoisotopic (exact) mass is 581 g/mol. The van der Waals surface area contributed by atoms with Crippen molar-refractivity contribution in [1.82, 2.24) is 15.5 Å². The lowest BCUT2D eigenvalue weighted by Crippen LogP contribution is -2.58. The van der Waals surface area contributed by atoms with Crippen LogP contribution in [0, 0.1) is 11.3 Å². The molecule has 9 heteroatoms. The predicted octanol–water partition coefficient (Wildman–Crippen LogP) is 3.68. The molecule has 3 aliphatic rings. The highest BCUT2D eigenvalue weighted by molar-refractivity contribution is 6.30. The molecular formula is C32H40ClN3O5. The van der Waals surface area contributed by atoms with E-state index in [1.807, 2.05) is 31.2 Å². The van der Waals surface area contributed by atoms with E-state index in [0.717, 1.165) is 24.0 Å². The molecule has 0 bridgehead atoms. The summed E-state index contributed by atoms with van der Waals surface area (Å²) in [7, 11) is 0. The van der Waals surface area contributed by atoms with Crippen LogP contribution >= 0.6 is 11.6 Å². The Labute approximate surface area is 247 Å². The average molecular weight is 582 g/mol. The van der Waals surface area contributed by atoms with Crippen molar-refractivity contribution in [3.63, 3.8) is 0 Å². The molecule has 41 heavy (non-hydrogen) atoms. The maximum absolute atomic E-state index is 14.0. The van der Waals surface area contributed by atoms with E-state index in [0.29, 0.717) is 70.2 Å². The summed E-state index contributed by atoms with van der Waals surface area (Å²) in [6.45, 7) is 4.94. The number of benzene rings is 2. The van der Waals surface area contributed by atoms with Crippen LogP contribution in [0.1, 0.15) is 49.3 Å². The first-order chi connectivity index (χ1) is 19.9. The van der Waals surface area contributed by atoms with Crippen LogP contribution in [0.3, 0.4) is 0 Å². The lowest BCUT2D eigenvalue weighted by Gasteiger charge is -2.46. The molecule has 2 N–H and O–H groups in total. The SMILES string of the molecule is CCOC(=O)C1(C2CCOCC2)CCN(C(=O)C(Cc2ccc(Cl)cc2)NC(=O)C2Cc3ccccc3CN2)CC1. The topological polar surface area (TPSA) is 97.0 Å². The Kier molecular flexibility index (Phi) is 9.63. The van der Waals surface area contributed by atoms with Crippen molar-refractivity contribution in [2.24, 2.45) is 11.3 Å². The molecule has 3 aliphatic heterocycles. The van der Waals surface area contributed by atoms with Gasteiger partial charge in [0.05, 0.1) is 18.1 Å². The largest absolute Gasteiger partial charge is 0.466 e. The van der Waals surface area contributed by atoms with Crippen LogP contribution in [0.25, 0.3) is 0 Å². The Morgan fingerprint density at radius 2 is 1.76 bits per heavy atom. The van der Waals surface area contributed by atoms with Crippen molar-refractivity contribution in [1.29, 1.82) is 0 Å². The van der Waals surface area contributed by atoms with E-state index in [2.05, 4.69) is 22.8 Å². The minimum absolute atomic E-state index is 0.131. The minimum atomic E-state index is -0.735. The van der Waals surface area contributed by atoms with Gasteiger partial charge in [0.2, 0.25) is 11.8 Å². The first-order valence-corrected chi connectivity index (χ1v) is 15.2. The van der Waals surface area contributed by atoms with Crippen LogP contribution in [0.4, 0.5) is 0 Å². The van der Waals surface area contributed by atoms with E-state index < -0.39 is 17.5 Å². The number of nitrogens with zero attached hydrogens (tertiary/aromatic N) is 1. The molecule has 3 heterocycles. The van der Waals surface area contributed by atoms with Crippen molar-refractivity contribution < 1.29 is 23.9 Å². The minimum Gasteiger partial charge on any atom is -0.466 e. The van der Waals surface area contributed by atoms with Crippen LogP contribution < -0.4 is 10.6 Å². The number of carbonyl (C=O) groups is 3. The summed E-state index contributed by atoms with van der Waals surface area (Å²) in [5.41, 5.74) is 2.64. The summed E-state index contributed by atoms with van der Waals surface area (Å²) in [5.74, 6) is -0.299. The van der Waals surface area contributed by atoms with Crippen LogP contribution in [-0.2, 0) is 43.2 Å². The van der Waals surface area contributed by atoms with Gasteiger partial charge in [0.25, 0.3) is 0 Å². The third-order valence-corrected chi connectivity index (χ3v) is 9.27. The summed E-state index contributed by atoms with van der Waals surface area (Å²) in [6.07, 6.45) is 3.65. The Bertz CT molecular complexity index is 1220. The van der Waals surface area contributed by atoms with E-state index in [1.54, 1.807) is 17.0 Å². The average Bonchev–Trinajstić information content (AvgIpc) is 3.01. The van der Waals surface area contributed by atoms with Gasteiger partial charge in [0.1, 0.15) is 6.04 Å². The standard InChI is InChI=1S/C32H40ClN3O5/c1-2-41-31(39)32(25-11-17-40-18-12-25)13-15-36(16-14-32)30(38)28(19-22-7-9-26(33)10-8-22)35-29(37)27-20-23-5-3-4-6-24(23)21-34-27/h3-10,25,27-28,34H,2,11-21H2,1H3,(H,35,37). The van der Waals surface area contributed by atoms with Crippen molar-refractivity contribution in [2.45, 2.75) is 64.1 Å². The normalized spacial score (nSPS) is 21.4. The Hall–Kier alpha value is -2.94. The number of ether oxygens (including phenoxy) is 2. The van der Waals surface area contributed by atoms with E-state index >= 15 is 0 Å². The molecule has 0 aliphatic carbocycles. The van der Waals surface area contributed by atoms with Gasteiger partial charge in [0, 0.05) is 44.3 Å². The van der Waals surface area contributed by atoms with E-state index in [4.69, 9.17) is 21.1 Å². The number of rotatable bonds is 8. The first-order valence-electron chi connectivity index (χ1n) is 14.8. The second-order valence-corrected chi connectivity index (χ2v) is 11.8. The Morgan fingerprint density at radius 1 is 1.07 bits per heavy atom. The summed E-state index contributed by atoms with van der Waals surface area (Å²) < 4.78 is 11.1. The first kappa shape index (κ1) is 29.5. The molecule has 5 rings (SSSR count). The zero-order valence-electron chi connectivity index (χ0n) is 23.7. The molecule has 8 nitrogen and oxygen atoms in total. The fourth-order valence-corrected chi connectivity index (χ4v) is 6.74.